The van der Waals surface area contributed by atoms with E-state index in [-0.39, 0.29) is 0 Å². The van der Waals surface area contributed by atoms with E-state index in [9.17, 15) is 0 Å². The molecule has 0 spiro atoms. The molecule has 0 aliphatic carbocycles. The smallest absolute Gasteiger partial charge is 0.0706 e. The Hall–Kier alpha value is -1.13. The summed E-state index contributed by atoms with van der Waals surface area (Å²) in [6.07, 6.45) is 3.97. The fourth-order valence-electron chi connectivity index (χ4n) is 2.05. The van der Waals surface area contributed by atoms with Crippen molar-refractivity contribution in [1.82, 2.24) is 9.80 Å². The van der Waals surface area contributed by atoms with Gasteiger partial charge in [0.1, 0.15) is 0 Å². The zero-order valence-corrected chi connectivity index (χ0v) is 10.7. The molecule has 94 valence electrons. The van der Waals surface area contributed by atoms with E-state index in [1.54, 1.807) is 0 Å². The van der Waals surface area contributed by atoms with Crippen molar-refractivity contribution in [3.05, 3.63) is 24.2 Å². The minimum atomic E-state index is 0.425. The standard InChI is InChI=1S/C13H21N3O/c1-11(2)16-10-13(14-8-12(16)3)9-15-4-6-17-7-5-15/h8,10-11H,3-7,9H2,1-2H3. The van der Waals surface area contributed by atoms with Crippen LogP contribution in [0.5, 0.6) is 0 Å². The van der Waals surface area contributed by atoms with E-state index in [1.807, 2.05) is 6.21 Å². The normalized spacial score (nSPS) is 22.2. The summed E-state index contributed by atoms with van der Waals surface area (Å²) in [5, 5.41) is 0. The fraction of sp³-hybridized carbons (Fsp3) is 0.615. The van der Waals surface area contributed by atoms with Crippen molar-refractivity contribution in [2.75, 3.05) is 32.8 Å². The van der Waals surface area contributed by atoms with Crippen LogP contribution in [0.4, 0.5) is 0 Å². The molecule has 4 nitrogen and oxygen atoms in total. The number of nitrogens with zero attached hydrogens (tertiary/aromatic N) is 3. The summed E-state index contributed by atoms with van der Waals surface area (Å²) in [7, 11) is 0. The number of hydrogen-bond donors (Lipinski definition) is 0. The van der Waals surface area contributed by atoms with Crippen molar-refractivity contribution in [3.63, 3.8) is 0 Å². The van der Waals surface area contributed by atoms with Gasteiger partial charge in [0, 0.05) is 31.9 Å². The van der Waals surface area contributed by atoms with Crippen LogP contribution in [-0.4, -0.2) is 54.9 Å². The number of morpholine rings is 1. The minimum absolute atomic E-state index is 0.425. The Bertz CT molecular complexity index is 341. The van der Waals surface area contributed by atoms with Gasteiger partial charge in [-0.15, -0.1) is 0 Å². The first-order chi connectivity index (χ1) is 8.16. The second-order valence-corrected chi connectivity index (χ2v) is 4.76. The van der Waals surface area contributed by atoms with Crippen LogP contribution in [0, 0.1) is 0 Å². The van der Waals surface area contributed by atoms with Gasteiger partial charge >= 0.3 is 0 Å². The van der Waals surface area contributed by atoms with Crippen LogP contribution < -0.4 is 0 Å². The largest absolute Gasteiger partial charge is 0.379 e. The van der Waals surface area contributed by atoms with Gasteiger partial charge in [0.2, 0.25) is 0 Å². The average Bonchev–Trinajstić information content (AvgIpc) is 2.32. The van der Waals surface area contributed by atoms with E-state index in [0.717, 1.165) is 44.2 Å². The highest BCUT2D eigenvalue weighted by Crippen LogP contribution is 2.16. The number of allylic oxidation sites excluding steroid dienone is 1. The first kappa shape index (κ1) is 12.3. The maximum Gasteiger partial charge on any atom is 0.0706 e. The van der Waals surface area contributed by atoms with Gasteiger partial charge in [-0.3, -0.25) is 9.89 Å². The first-order valence-corrected chi connectivity index (χ1v) is 6.19. The third-order valence-corrected chi connectivity index (χ3v) is 3.04. The molecule has 0 saturated carbocycles. The molecule has 0 bridgehead atoms. The predicted molar refractivity (Wildman–Crippen MR) is 69.9 cm³/mol. The molecule has 0 aromatic heterocycles. The number of aliphatic imine (C=N–C) groups is 1. The van der Waals surface area contributed by atoms with Gasteiger partial charge in [0.25, 0.3) is 0 Å². The van der Waals surface area contributed by atoms with Crippen LogP contribution in [0.1, 0.15) is 13.8 Å². The van der Waals surface area contributed by atoms with Crippen LogP contribution in [0.3, 0.4) is 0 Å². The lowest BCUT2D eigenvalue weighted by atomic mass is 10.2. The summed E-state index contributed by atoms with van der Waals surface area (Å²) in [6, 6.07) is 0.425. The van der Waals surface area contributed by atoms with E-state index in [4.69, 9.17) is 4.74 Å². The van der Waals surface area contributed by atoms with Crippen LogP contribution in [-0.2, 0) is 4.74 Å². The van der Waals surface area contributed by atoms with Crippen LogP contribution in [0.2, 0.25) is 0 Å². The fourth-order valence-corrected chi connectivity index (χ4v) is 2.05. The molecule has 1 saturated heterocycles. The van der Waals surface area contributed by atoms with Crippen LogP contribution in [0.15, 0.2) is 29.2 Å². The lowest BCUT2D eigenvalue weighted by Gasteiger charge is -2.31. The number of rotatable bonds is 3. The zero-order valence-electron chi connectivity index (χ0n) is 10.7. The third-order valence-electron chi connectivity index (χ3n) is 3.04. The molecule has 0 atom stereocenters. The number of ether oxygens (including phenoxy) is 1. The molecular weight excluding hydrogens is 214 g/mol. The van der Waals surface area contributed by atoms with Crippen LogP contribution >= 0.6 is 0 Å². The molecule has 17 heavy (non-hydrogen) atoms. The van der Waals surface area contributed by atoms with Crippen molar-refractivity contribution in [2.45, 2.75) is 19.9 Å². The first-order valence-electron chi connectivity index (χ1n) is 6.19. The molecule has 2 aliphatic heterocycles. The lowest BCUT2D eigenvalue weighted by Crippen LogP contribution is -2.38. The van der Waals surface area contributed by atoms with Gasteiger partial charge in [0.05, 0.1) is 30.8 Å². The van der Waals surface area contributed by atoms with Gasteiger partial charge < -0.3 is 9.64 Å². The maximum absolute atomic E-state index is 5.34. The maximum atomic E-state index is 5.34. The Balaban J connectivity index is 1.98. The Morgan fingerprint density at radius 3 is 2.76 bits per heavy atom. The van der Waals surface area contributed by atoms with Crippen LogP contribution in [0.25, 0.3) is 0 Å². The summed E-state index contributed by atoms with van der Waals surface area (Å²) in [4.78, 5) is 8.99. The molecule has 0 N–H and O–H groups in total. The van der Waals surface area contributed by atoms with Crippen molar-refractivity contribution >= 4 is 6.21 Å². The predicted octanol–water partition coefficient (Wildman–Crippen LogP) is 1.47. The summed E-state index contributed by atoms with van der Waals surface area (Å²) < 4.78 is 5.34. The van der Waals surface area contributed by atoms with E-state index in [1.165, 1.54) is 0 Å². The van der Waals surface area contributed by atoms with Gasteiger partial charge in [-0.05, 0) is 13.8 Å². The Kier molecular flexibility index (Phi) is 3.97. The van der Waals surface area contributed by atoms with Gasteiger partial charge in [-0.2, -0.15) is 0 Å². The van der Waals surface area contributed by atoms with Gasteiger partial charge in [0.15, 0.2) is 0 Å². The summed E-state index contributed by atoms with van der Waals surface area (Å²) in [5.41, 5.74) is 2.07. The molecule has 2 aliphatic rings. The average molecular weight is 235 g/mol. The van der Waals surface area contributed by atoms with E-state index in [0.29, 0.717) is 6.04 Å². The molecule has 0 aromatic carbocycles. The van der Waals surface area contributed by atoms with E-state index < -0.39 is 0 Å². The summed E-state index contributed by atoms with van der Waals surface area (Å²) >= 11 is 0. The number of hydrogen-bond acceptors (Lipinski definition) is 4. The minimum Gasteiger partial charge on any atom is -0.379 e. The molecule has 0 unspecified atom stereocenters. The molecule has 2 rings (SSSR count). The van der Waals surface area contributed by atoms with E-state index in [2.05, 4.69) is 41.4 Å². The topological polar surface area (TPSA) is 28.1 Å². The molecule has 0 aromatic rings. The highest BCUT2D eigenvalue weighted by atomic mass is 16.5. The summed E-state index contributed by atoms with van der Waals surface area (Å²) in [5.74, 6) is 0. The van der Waals surface area contributed by atoms with Gasteiger partial charge in [-0.1, -0.05) is 6.58 Å². The summed E-state index contributed by atoms with van der Waals surface area (Å²) in [6.45, 7) is 12.9. The van der Waals surface area contributed by atoms with Crippen molar-refractivity contribution in [2.24, 2.45) is 4.99 Å². The molecule has 2 heterocycles. The van der Waals surface area contributed by atoms with E-state index >= 15 is 0 Å². The second kappa shape index (κ2) is 5.47. The Morgan fingerprint density at radius 2 is 2.12 bits per heavy atom. The monoisotopic (exact) mass is 235 g/mol. The molecule has 4 heteroatoms. The van der Waals surface area contributed by atoms with Crippen molar-refractivity contribution < 1.29 is 4.74 Å². The Labute approximate surface area is 103 Å². The molecule has 0 radical (unpaired) electrons. The SMILES string of the molecule is C=C1C=NC(CN2CCOCC2)=CN1C(C)C. The molecule has 0 amide bonds. The molecule has 1 fully saturated rings. The lowest BCUT2D eigenvalue weighted by molar-refractivity contribution is 0.0420. The third kappa shape index (κ3) is 3.17. The zero-order chi connectivity index (χ0) is 12.3. The molecular formula is C13H21N3O. The Morgan fingerprint density at radius 1 is 1.41 bits per heavy atom. The highest BCUT2D eigenvalue weighted by Gasteiger charge is 2.16. The second-order valence-electron chi connectivity index (χ2n) is 4.76. The van der Waals surface area contributed by atoms with Crippen molar-refractivity contribution in [3.8, 4) is 0 Å². The highest BCUT2D eigenvalue weighted by molar-refractivity contribution is 5.79. The quantitative estimate of drug-likeness (QED) is 0.741. The van der Waals surface area contributed by atoms with Crippen molar-refractivity contribution in [1.29, 1.82) is 0 Å². The van der Waals surface area contributed by atoms with Gasteiger partial charge in [-0.25, -0.2) is 0 Å².